The molecule has 0 unspecified atom stereocenters. The SMILES string of the molecule is Cl.ClCc1ccnc(Cl)n1. The maximum atomic E-state index is 5.45. The molecule has 0 N–H and O–H groups in total. The van der Waals surface area contributed by atoms with Crippen molar-refractivity contribution in [2.75, 3.05) is 0 Å². The van der Waals surface area contributed by atoms with E-state index in [4.69, 9.17) is 23.2 Å². The van der Waals surface area contributed by atoms with E-state index in [-0.39, 0.29) is 17.7 Å². The maximum absolute atomic E-state index is 5.45. The molecule has 0 aliphatic carbocycles. The van der Waals surface area contributed by atoms with Crippen molar-refractivity contribution in [3.63, 3.8) is 0 Å². The summed E-state index contributed by atoms with van der Waals surface area (Å²) in [6.07, 6.45) is 1.58. The van der Waals surface area contributed by atoms with Crippen molar-refractivity contribution in [2.24, 2.45) is 0 Å². The van der Waals surface area contributed by atoms with Gasteiger partial charge in [0.05, 0.1) is 11.6 Å². The summed E-state index contributed by atoms with van der Waals surface area (Å²) in [5, 5.41) is 0.244. The molecule has 1 aromatic rings. The number of nitrogens with zero attached hydrogens (tertiary/aromatic N) is 2. The van der Waals surface area contributed by atoms with Gasteiger partial charge in [0.2, 0.25) is 5.28 Å². The lowest BCUT2D eigenvalue weighted by atomic mass is 10.5. The molecule has 0 spiro atoms. The van der Waals surface area contributed by atoms with Gasteiger partial charge in [0.25, 0.3) is 0 Å². The quantitative estimate of drug-likeness (QED) is 0.512. The standard InChI is InChI=1S/C5H4Cl2N2.ClH/c6-3-4-1-2-8-5(7)9-4;/h1-2H,3H2;1H. The minimum Gasteiger partial charge on any atom is -0.227 e. The van der Waals surface area contributed by atoms with Crippen molar-refractivity contribution in [1.29, 1.82) is 0 Å². The molecule has 0 aromatic carbocycles. The molecule has 0 amide bonds. The van der Waals surface area contributed by atoms with Crippen LogP contribution in [0.15, 0.2) is 12.3 Å². The van der Waals surface area contributed by atoms with Crippen LogP contribution < -0.4 is 0 Å². The lowest BCUT2D eigenvalue weighted by Crippen LogP contribution is -1.86. The van der Waals surface area contributed by atoms with E-state index in [0.29, 0.717) is 5.88 Å². The third-order valence-corrected chi connectivity index (χ3v) is 1.28. The predicted octanol–water partition coefficient (Wildman–Crippen LogP) is 2.29. The lowest BCUT2D eigenvalue weighted by Gasteiger charge is -1.90. The van der Waals surface area contributed by atoms with Crippen LogP contribution in [-0.2, 0) is 5.88 Å². The zero-order valence-electron chi connectivity index (χ0n) is 4.92. The molecule has 1 rings (SSSR count). The van der Waals surface area contributed by atoms with E-state index >= 15 is 0 Å². The third-order valence-electron chi connectivity index (χ3n) is 0.821. The van der Waals surface area contributed by atoms with Crippen LogP contribution in [0.25, 0.3) is 0 Å². The second-order valence-electron chi connectivity index (χ2n) is 1.45. The van der Waals surface area contributed by atoms with E-state index in [2.05, 4.69) is 9.97 Å². The molecule has 0 saturated carbocycles. The molecular formula is C5H5Cl3N2. The minimum absolute atomic E-state index is 0. The van der Waals surface area contributed by atoms with Crippen molar-refractivity contribution in [3.05, 3.63) is 23.2 Å². The van der Waals surface area contributed by atoms with Gasteiger partial charge in [-0.1, -0.05) is 0 Å². The second-order valence-corrected chi connectivity index (χ2v) is 2.06. The third kappa shape index (κ3) is 2.69. The van der Waals surface area contributed by atoms with Crippen molar-refractivity contribution >= 4 is 35.6 Å². The molecule has 0 saturated heterocycles. The highest BCUT2D eigenvalue weighted by Gasteiger charge is 1.91. The Kier molecular flexibility index (Phi) is 4.69. The van der Waals surface area contributed by atoms with Gasteiger partial charge in [0.1, 0.15) is 0 Å². The molecular weight excluding hydrogens is 194 g/mol. The Bertz CT molecular complexity index is 204. The van der Waals surface area contributed by atoms with E-state index in [0.717, 1.165) is 5.69 Å². The van der Waals surface area contributed by atoms with Crippen molar-refractivity contribution in [3.8, 4) is 0 Å². The molecule has 0 fully saturated rings. The van der Waals surface area contributed by atoms with Crippen LogP contribution >= 0.6 is 35.6 Å². The molecule has 0 aliphatic heterocycles. The fourth-order valence-electron chi connectivity index (χ4n) is 0.444. The number of hydrogen-bond donors (Lipinski definition) is 0. The number of rotatable bonds is 1. The van der Waals surface area contributed by atoms with Crippen molar-refractivity contribution in [2.45, 2.75) is 5.88 Å². The fourth-order valence-corrected chi connectivity index (χ4v) is 0.758. The smallest absolute Gasteiger partial charge is 0.222 e. The Morgan fingerprint density at radius 3 is 2.60 bits per heavy atom. The molecule has 1 aromatic heterocycles. The van der Waals surface area contributed by atoms with Crippen LogP contribution in [0, 0.1) is 0 Å². The highest BCUT2D eigenvalue weighted by Crippen LogP contribution is 2.02. The summed E-state index contributed by atoms with van der Waals surface area (Å²) >= 11 is 10.9. The van der Waals surface area contributed by atoms with Crippen LogP contribution in [0.5, 0.6) is 0 Å². The summed E-state index contributed by atoms with van der Waals surface area (Å²) in [5.41, 5.74) is 0.747. The minimum atomic E-state index is 0. The molecule has 56 valence electrons. The zero-order chi connectivity index (χ0) is 6.69. The lowest BCUT2D eigenvalue weighted by molar-refractivity contribution is 1.08. The maximum Gasteiger partial charge on any atom is 0.222 e. The van der Waals surface area contributed by atoms with Crippen LogP contribution in [0.1, 0.15) is 5.69 Å². The Labute approximate surface area is 75.0 Å². The summed E-state index contributed by atoms with van der Waals surface area (Å²) < 4.78 is 0. The topological polar surface area (TPSA) is 25.8 Å². The Morgan fingerprint density at radius 2 is 2.20 bits per heavy atom. The first kappa shape index (κ1) is 9.95. The van der Waals surface area contributed by atoms with Gasteiger partial charge in [0.15, 0.2) is 0 Å². The van der Waals surface area contributed by atoms with Crippen molar-refractivity contribution in [1.82, 2.24) is 9.97 Å². The van der Waals surface area contributed by atoms with Gasteiger partial charge >= 0.3 is 0 Å². The average molecular weight is 199 g/mol. The van der Waals surface area contributed by atoms with Crippen LogP contribution in [0.4, 0.5) is 0 Å². The van der Waals surface area contributed by atoms with E-state index in [1.54, 1.807) is 12.3 Å². The largest absolute Gasteiger partial charge is 0.227 e. The molecule has 5 heteroatoms. The summed E-state index contributed by atoms with van der Waals surface area (Å²) in [5.74, 6) is 0.377. The normalized spacial score (nSPS) is 8.60. The molecule has 0 atom stereocenters. The second kappa shape index (κ2) is 4.72. The Hall–Kier alpha value is -0.0500. The Balaban J connectivity index is 0.000000810. The van der Waals surface area contributed by atoms with Crippen LogP contribution in [0.3, 0.4) is 0 Å². The molecule has 0 aliphatic rings. The zero-order valence-corrected chi connectivity index (χ0v) is 7.25. The van der Waals surface area contributed by atoms with E-state index in [1.807, 2.05) is 0 Å². The van der Waals surface area contributed by atoms with Gasteiger partial charge in [-0.05, 0) is 17.7 Å². The monoisotopic (exact) mass is 198 g/mol. The summed E-state index contributed by atoms with van der Waals surface area (Å²) in [6.45, 7) is 0. The summed E-state index contributed by atoms with van der Waals surface area (Å²) in [7, 11) is 0. The summed E-state index contributed by atoms with van der Waals surface area (Å²) in [6, 6.07) is 1.72. The van der Waals surface area contributed by atoms with Crippen LogP contribution in [0.2, 0.25) is 5.28 Å². The first-order chi connectivity index (χ1) is 4.33. The summed E-state index contributed by atoms with van der Waals surface area (Å²) in [4.78, 5) is 7.50. The van der Waals surface area contributed by atoms with Gasteiger partial charge in [-0.2, -0.15) is 0 Å². The van der Waals surface area contributed by atoms with E-state index in [1.165, 1.54) is 0 Å². The molecule has 2 nitrogen and oxygen atoms in total. The number of alkyl halides is 1. The van der Waals surface area contributed by atoms with Crippen LogP contribution in [-0.4, -0.2) is 9.97 Å². The average Bonchev–Trinajstić information content (AvgIpc) is 1.88. The van der Waals surface area contributed by atoms with Crippen molar-refractivity contribution < 1.29 is 0 Å². The van der Waals surface area contributed by atoms with Gasteiger partial charge in [-0.25, -0.2) is 9.97 Å². The molecule has 0 radical (unpaired) electrons. The number of halogens is 3. The van der Waals surface area contributed by atoms with E-state index < -0.39 is 0 Å². The molecule has 0 bridgehead atoms. The Morgan fingerprint density at radius 1 is 1.50 bits per heavy atom. The molecule has 1 heterocycles. The van der Waals surface area contributed by atoms with E-state index in [9.17, 15) is 0 Å². The first-order valence-electron chi connectivity index (χ1n) is 2.36. The van der Waals surface area contributed by atoms with Gasteiger partial charge in [-0.15, -0.1) is 24.0 Å². The highest BCUT2D eigenvalue weighted by molar-refractivity contribution is 6.28. The van der Waals surface area contributed by atoms with Gasteiger partial charge in [0, 0.05) is 6.20 Å². The van der Waals surface area contributed by atoms with Gasteiger partial charge in [-0.3, -0.25) is 0 Å². The highest BCUT2D eigenvalue weighted by atomic mass is 35.5. The van der Waals surface area contributed by atoms with Gasteiger partial charge < -0.3 is 0 Å². The number of aromatic nitrogens is 2. The number of hydrogen-bond acceptors (Lipinski definition) is 2. The fraction of sp³-hybridized carbons (Fsp3) is 0.200. The predicted molar refractivity (Wildman–Crippen MR) is 43.8 cm³/mol. The first-order valence-corrected chi connectivity index (χ1v) is 3.27. The molecule has 10 heavy (non-hydrogen) atoms.